The van der Waals surface area contributed by atoms with Gasteiger partial charge in [-0.2, -0.15) is 0 Å². The maximum Gasteiger partial charge on any atom is 0.339 e. The van der Waals surface area contributed by atoms with Crippen LogP contribution in [-0.4, -0.2) is 25.5 Å². The number of carbonyl (C=O) groups excluding carboxylic acids is 1. The van der Waals surface area contributed by atoms with Crippen LogP contribution >= 0.6 is 0 Å². The van der Waals surface area contributed by atoms with Gasteiger partial charge in [-0.1, -0.05) is 12.1 Å². The molecule has 4 heteroatoms. The predicted molar refractivity (Wildman–Crippen MR) is 78.1 cm³/mol. The second-order valence-electron chi connectivity index (χ2n) is 5.74. The van der Waals surface area contributed by atoms with Crippen LogP contribution in [-0.2, 0) is 20.6 Å². The fourth-order valence-electron chi connectivity index (χ4n) is 2.91. The van der Waals surface area contributed by atoms with E-state index in [0.29, 0.717) is 12.2 Å². The Kier molecular flexibility index (Phi) is 4.56. The largest absolute Gasteiger partial charge is 0.454 e. The second kappa shape index (κ2) is 6.58. The summed E-state index contributed by atoms with van der Waals surface area (Å²) in [7, 11) is 0. The monoisotopic (exact) mass is 290 g/mol. The van der Waals surface area contributed by atoms with Crippen LogP contribution in [0.15, 0.2) is 18.2 Å². The van der Waals surface area contributed by atoms with Crippen molar-refractivity contribution in [3.8, 4) is 0 Å². The average molecular weight is 290 g/mol. The van der Waals surface area contributed by atoms with Crippen LogP contribution in [0.2, 0.25) is 0 Å². The number of aryl methyl sites for hydroxylation is 1. The first-order chi connectivity index (χ1) is 10.2. The van der Waals surface area contributed by atoms with Crippen LogP contribution < -0.4 is 0 Å². The molecule has 1 aromatic carbocycles. The minimum Gasteiger partial charge on any atom is -0.454 e. The highest BCUT2D eigenvalue weighted by Crippen LogP contribution is 2.31. The van der Waals surface area contributed by atoms with Crippen LogP contribution in [0.1, 0.15) is 60.2 Å². The molecule has 0 spiro atoms. The van der Waals surface area contributed by atoms with Crippen LogP contribution in [0.3, 0.4) is 0 Å². The lowest BCUT2D eigenvalue weighted by Gasteiger charge is -2.22. The highest BCUT2D eigenvalue weighted by Gasteiger charge is 2.27. The van der Waals surface area contributed by atoms with E-state index in [2.05, 4.69) is 6.07 Å². The van der Waals surface area contributed by atoms with Crippen LogP contribution in [0.5, 0.6) is 0 Å². The zero-order valence-corrected chi connectivity index (χ0v) is 12.5. The average Bonchev–Trinajstić information content (AvgIpc) is 2.79. The summed E-state index contributed by atoms with van der Waals surface area (Å²) in [6, 6.07) is 5.97. The van der Waals surface area contributed by atoms with Gasteiger partial charge in [0.15, 0.2) is 6.29 Å². The van der Waals surface area contributed by atoms with Crippen LogP contribution in [0.4, 0.5) is 0 Å². The Bertz CT molecular complexity index is 506. The SMILES string of the molecule is CC1OC(=O)c2ccc(CCCOC3CCCCO3)cc21. The molecule has 0 radical (unpaired) electrons. The Morgan fingerprint density at radius 1 is 1.33 bits per heavy atom. The number of ether oxygens (including phenoxy) is 3. The van der Waals surface area contributed by atoms with Crippen molar-refractivity contribution in [2.24, 2.45) is 0 Å². The molecular weight excluding hydrogens is 268 g/mol. The maximum atomic E-state index is 11.6. The molecular formula is C17H22O4. The first-order valence-corrected chi connectivity index (χ1v) is 7.81. The van der Waals surface area contributed by atoms with E-state index < -0.39 is 0 Å². The van der Waals surface area contributed by atoms with E-state index in [0.717, 1.165) is 37.9 Å². The van der Waals surface area contributed by atoms with E-state index >= 15 is 0 Å². The standard InChI is InChI=1S/C17H22O4/c1-12-15-11-13(7-8-14(15)17(18)21-12)5-4-10-20-16-6-2-3-9-19-16/h7-8,11-12,16H,2-6,9-10H2,1H3. The lowest BCUT2D eigenvalue weighted by Crippen LogP contribution is -2.22. The number of rotatable bonds is 5. The molecule has 0 N–H and O–H groups in total. The number of esters is 1. The topological polar surface area (TPSA) is 44.8 Å². The third-order valence-electron chi connectivity index (χ3n) is 4.11. The summed E-state index contributed by atoms with van der Waals surface area (Å²) in [5.41, 5.74) is 2.94. The Morgan fingerprint density at radius 3 is 3.05 bits per heavy atom. The predicted octanol–water partition coefficient (Wildman–Crippen LogP) is 3.39. The summed E-state index contributed by atoms with van der Waals surface area (Å²) in [4.78, 5) is 11.6. The molecule has 1 saturated heterocycles. The number of carbonyl (C=O) groups is 1. The van der Waals surface area contributed by atoms with Crippen LogP contribution in [0.25, 0.3) is 0 Å². The lowest BCUT2D eigenvalue weighted by molar-refractivity contribution is -0.162. The summed E-state index contributed by atoms with van der Waals surface area (Å²) in [5.74, 6) is -0.207. The van der Waals surface area contributed by atoms with Crippen molar-refractivity contribution in [1.82, 2.24) is 0 Å². The molecule has 1 fully saturated rings. The van der Waals surface area contributed by atoms with E-state index in [-0.39, 0.29) is 18.4 Å². The zero-order valence-electron chi connectivity index (χ0n) is 12.5. The third-order valence-corrected chi connectivity index (χ3v) is 4.11. The molecule has 0 amide bonds. The van der Waals surface area contributed by atoms with E-state index in [1.54, 1.807) is 0 Å². The molecule has 2 aliphatic heterocycles. The van der Waals surface area contributed by atoms with Crippen molar-refractivity contribution in [2.75, 3.05) is 13.2 Å². The zero-order chi connectivity index (χ0) is 14.7. The smallest absolute Gasteiger partial charge is 0.339 e. The van der Waals surface area contributed by atoms with Crippen molar-refractivity contribution in [3.63, 3.8) is 0 Å². The highest BCUT2D eigenvalue weighted by molar-refractivity contribution is 5.94. The van der Waals surface area contributed by atoms with Crippen molar-refractivity contribution < 1.29 is 19.0 Å². The number of hydrogen-bond donors (Lipinski definition) is 0. The molecule has 0 saturated carbocycles. The van der Waals surface area contributed by atoms with Gasteiger partial charge < -0.3 is 14.2 Å². The molecule has 4 nitrogen and oxygen atoms in total. The van der Waals surface area contributed by atoms with Gasteiger partial charge in [-0.3, -0.25) is 0 Å². The van der Waals surface area contributed by atoms with Crippen molar-refractivity contribution in [1.29, 1.82) is 0 Å². The van der Waals surface area contributed by atoms with E-state index in [1.807, 2.05) is 19.1 Å². The number of fused-ring (bicyclic) bond motifs is 1. The van der Waals surface area contributed by atoms with Crippen molar-refractivity contribution in [3.05, 3.63) is 34.9 Å². The maximum absolute atomic E-state index is 11.6. The van der Waals surface area contributed by atoms with Crippen molar-refractivity contribution in [2.45, 2.75) is 51.4 Å². The summed E-state index contributed by atoms with van der Waals surface area (Å²) >= 11 is 0. The number of cyclic esters (lactones) is 1. The Labute approximate surface area is 125 Å². The first kappa shape index (κ1) is 14.5. The van der Waals surface area contributed by atoms with Crippen LogP contribution in [0, 0.1) is 0 Å². The quantitative estimate of drug-likeness (QED) is 0.616. The normalized spacial score (nSPS) is 24.7. The van der Waals surface area contributed by atoms with Crippen molar-refractivity contribution >= 4 is 5.97 Å². The fraction of sp³-hybridized carbons (Fsp3) is 0.588. The Morgan fingerprint density at radius 2 is 2.24 bits per heavy atom. The Hall–Kier alpha value is -1.39. The fourth-order valence-corrected chi connectivity index (χ4v) is 2.91. The molecule has 0 aromatic heterocycles. The molecule has 1 aromatic rings. The van der Waals surface area contributed by atoms with Gasteiger partial charge in [0.2, 0.25) is 0 Å². The summed E-state index contributed by atoms with van der Waals surface area (Å²) in [6.45, 7) is 3.45. The van der Waals surface area contributed by atoms with E-state index in [9.17, 15) is 4.79 Å². The molecule has 0 bridgehead atoms. The van der Waals surface area contributed by atoms with Gasteiger partial charge in [0.05, 0.1) is 12.2 Å². The van der Waals surface area contributed by atoms with E-state index in [1.165, 1.54) is 12.0 Å². The molecule has 2 atom stereocenters. The van der Waals surface area contributed by atoms with Gasteiger partial charge in [0.25, 0.3) is 0 Å². The first-order valence-electron chi connectivity index (χ1n) is 7.81. The Balaban J connectivity index is 1.47. The molecule has 2 aliphatic rings. The summed E-state index contributed by atoms with van der Waals surface area (Å²) in [5, 5.41) is 0. The molecule has 2 unspecified atom stereocenters. The minimum atomic E-state index is -0.207. The number of benzene rings is 1. The van der Waals surface area contributed by atoms with Gasteiger partial charge >= 0.3 is 5.97 Å². The molecule has 3 rings (SSSR count). The summed E-state index contributed by atoms with van der Waals surface area (Å²) in [6.07, 6.45) is 5.12. The highest BCUT2D eigenvalue weighted by atomic mass is 16.7. The molecule has 21 heavy (non-hydrogen) atoms. The van der Waals surface area contributed by atoms with E-state index in [4.69, 9.17) is 14.2 Å². The number of hydrogen-bond acceptors (Lipinski definition) is 4. The van der Waals surface area contributed by atoms with Gasteiger partial charge in [0.1, 0.15) is 6.10 Å². The van der Waals surface area contributed by atoms with Gasteiger partial charge in [-0.05, 0) is 50.7 Å². The summed E-state index contributed by atoms with van der Waals surface area (Å²) < 4.78 is 16.5. The molecule has 0 aliphatic carbocycles. The van der Waals surface area contributed by atoms with Gasteiger partial charge in [-0.25, -0.2) is 4.79 Å². The van der Waals surface area contributed by atoms with Gasteiger partial charge in [0, 0.05) is 12.2 Å². The molecule has 2 heterocycles. The lowest BCUT2D eigenvalue weighted by atomic mass is 10.0. The second-order valence-corrected chi connectivity index (χ2v) is 5.74. The minimum absolute atomic E-state index is 0.00943. The molecule has 114 valence electrons. The third kappa shape index (κ3) is 3.44. The van der Waals surface area contributed by atoms with Gasteiger partial charge in [-0.15, -0.1) is 0 Å².